The first-order valence-electron chi connectivity index (χ1n) is 5.82. The van der Waals surface area contributed by atoms with E-state index in [4.69, 9.17) is 4.74 Å². The molecule has 1 unspecified atom stereocenters. The number of methoxy groups -OCH3 is 1. The number of aromatic nitrogens is 2. The first kappa shape index (κ1) is 11.3. The van der Waals surface area contributed by atoms with Gasteiger partial charge in [-0.05, 0) is 19.3 Å². The summed E-state index contributed by atoms with van der Waals surface area (Å²) in [4.78, 5) is 9.23. The molecule has 16 heavy (non-hydrogen) atoms. The molecule has 0 spiro atoms. The van der Waals surface area contributed by atoms with Crippen molar-refractivity contribution in [3.05, 3.63) is 17.1 Å². The number of hydrogen-bond donors (Lipinski definition) is 1. The highest BCUT2D eigenvalue weighted by Crippen LogP contribution is 2.27. The zero-order valence-electron chi connectivity index (χ0n) is 10.2. The van der Waals surface area contributed by atoms with Gasteiger partial charge in [-0.1, -0.05) is 6.92 Å². The van der Waals surface area contributed by atoms with Crippen LogP contribution in [-0.2, 0) is 17.6 Å². The molecule has 0 saturated heterocycles. The zero-order chi connectivity index (χ0) is 11.5. The quantitative estimate of drug-likeness (QED) is 0.841. The number of ether oxygens (including phenoxy) is 1. The Morgan fingerprint density at radius 3 is 2.88 bits per heavy atom. The fourth-order valence-electron chi connectivity index (χ4n) is 2.20. The van der Waals surface area contributed by atoms with E-state index in [1.165, 1.54) is 17.7 Å². The van der Waals surface area contributed by atoms with Gasteiger partial charge in [-0.2, -0.15) is 0 Å². The van der Waals surface area contributed by atoms with Gasteiger partial charge in [0.25, 0.3) is 0 Å². The van der Waals surface area contributed by atoms with Gasteiger partial charge in [0.05, 0.1) is 6.61 Å². The minimum absolute atomic E-state index is 0.253. The highest BCUT2D eigenvalue weighted by atomic mass is 16.5. The van der Waals surface area contributed by atoms with Crippen LogP contribution in [0.4, 0.5) is 5.82 Å². The fourth-order valence-corrected chi connectivity index (χ4v) is 2.20. The molecule has 1 aromatic heterocycles. The molecule has 1 atom stereocenters. The Bertz CT molecular complexity index is 379. The Balaban J connectivity index is 2.34. The Kier molecular flexibility index (Phi) is 3.39. The minimum Gasteiger partial charge on any atom is -0.384 e. The maximum absolute atomic E-state index is 5.15. The van der Waals surface area contributed by atoms with E-state index in [2.05, 4.69) is 22.2 Å². The first-order valence-corrected chi connectivity index (χ1v) is 5.82. The maximum Gasteiger partial charge on any atom is 0.136 e. The molecule has 0 aliphatic heterocycles. The lowest BCUT2D eigenvalue weighted by atomic mass is 10.1. The summed E-state index contributed by atoms with van der Waals surface area (Å²) in [6.07, 6.45) is 3.38. The van der Waals surface area contributed by atoms with Crippen molar-refractivity contribution in [3.8, 4) is 0 Å². The normalized spacial score (nSPS) is 15.9. The summed E-state index contributed by atoms with van der Waals surface area (Å²) >= 11 is 0. The van der Waals surface area contributed by atoms with Crippen molar-refractivity contribution < 1.29 is 4.74 Å². The van der Waals surface area contributed by atoms with Crippen molar-refractivity contribution in [3.63, 3.8) is 0 Å². The van der Waals surface area contributed by atoms with Crippen LogP contribution >= 0.6 is 0 Å². The summed E-state index contributed by atoms with van der Waals surface area (Å²) in [6, 6.07) is 0. The molecular weight excluding hydrogens is 202 g/mol. The fraction of sp³-hybridized carbons (Fsp3) is 0.667. The van der Waals surface area contributed by atoms with Crippen molar-refractivity contribution in [2.24, 2.45) is 0 Å². The first-order chi connectivity index (χ1) is 7.76. The lowest BCUT2D eigenvalue weighted by Crippen LogP contribution is -2.11. The van der Waals surface area contributed by atoms with Crippen LogP contribution in [-0.4, -0.2) is 30.7 Å². The summed E-state index contributed by atoms with van der Waals surface area (Å²) in [6.45, 7) is 2.77. The summed E-state index contributed by atoms with van der Waals surface area (Å²) in [5.74, 6) is 2.15. The van der Waals surface area contributed by atoms with Gasteiger partial charge in [0.2, 0.25) is 0 Å². The van der Waals surface area contributed by atoms with E-state index in [9.17, 15) is 0 Å². The molecule has 0 fully saturated rings. The second-order valence-corrected chi connectivity index (χ2v) is 4.32. The van der Waals surface area contributed by atoms with E-state index in [1.54, 1.807) is 7.11 Å². The number of anilines is 1. The van der Waals surface area contributed by atoms with Gasteiger partial charge in [0, 0.05) is 31.3 Å². The topological polar surface area (TPSA) is 47.0 Å². The monoisotopic (exact) mass is 221 g/mol. The second-order valence-electron chi connectivity index (χ2n) is 4.32. The molecule has 1 aliphatic carbocycles. The van der Waals surface area contributed by atoms with Gasteiger partial charge in [0.1, 0.15) is 11.6 Å². The van der Waals surface area contributed by atoms with Crippen LogP contribution in [0.15, 0.2) is 0 Å². The lowest BCUT2D eigenvalue weighted by Gasteiger charge is -2.13. The van der Waals surface area contributed by atoms with Crippen LogP contribution in [0, 0.1) is 0 Å². The Hall–Kier alpha value is -1.16. The van der Waals surface area contributed by atoms with Crippen LogP contribution in [0.3, 0.4) is 0 Å². The van der Waals surface area contributed by atoms with E-state index in [0.29, 0.717) is 6.61 Å². The van der Waals surface area contributed by atoms with Gasteiger partial charge in [-0.15, -0.1) is 0 Å². The predicted molar refractivity (Wildman–Crippen MR) is 63.9 cm³/mol. The molecule has 1 aromatic rings. The zero-order valence-corrected chi connectivity index (χ0v) is 10.2. The summed E-state index contributed by atoms with van der Waals surface area (Å²) in [5.41, 5.74) is 2.52. The van der Waals surface area contributed by atoms with Crippen molar-refractivity contribution in [1.29, 1.82) is 0 Å². The van der Waals surface area contributed by atoms with E-state index < -0.39 is 0 Å². The molecular formula is C12H19N3O. The highest BCUT2D eigenvalue weighted by molar-refractivity contribution is 5.48. The van der Waals surface area contributed by atoms with Gasteiger partial charge in [0.15, 0.2) is 0 Å². The molecule has 4 nitrogen and oxygen atoms in total. The van der Waals surface area contributed by atoms with Gasteiger partial charge in [-0.3, -0.25) is 0 Å². The van der Waals surface area contributed by atoms with E-state index >= 15 is 0 Å². The van der Waals surface area contributed by atoms with Gasteiger partial charge >= 0.3 is 0 Å². The highest BCUT2D eigenvalue weighted by Gasteiger charge is 2.20. The Morgan fingerprint density at radius 1 is 1.38 bits per heavy atom. The Morgan fingerprint density at radius 2 is 2.19 bits per heavy atom. The molecule has 88 valence electrons. The van der Waals surface area contributed by atoms with Gasteiger partial charge < -0.3 is 10.1 Å². The molecule has 0 bridgehead atoms. The predicted octanol–water partition coefficient (Wildman–Crippen LogP) is 1.76. The molecule has 1 heterocycles. The Labute approximate surface area is 96.4 Å². The maximum atomic E-state index is 5.15. The van der Waals surface area contributed by atoms with Crippen LogP contribution in [0.25, 0.3) is 0 Å². The van der Waals surface area contributed by atoms with Crippen LogP contribution in [0.5, 0.6) is 0 Å². The third-order valence-corrected chi connectivity index (χ3v) is 3.04. The average molecular weight is 221 g/mol. The molecule has 2 rings (SSSR count). The molecule has 0 radical (unpaired) electrons. The third kappa shape index (κ3) is 2.02. The van der Waals surface area contributed by atoms with Crippen LogP contribution in [0.1, 0.15) is 36.3 Å². The molecule has 0 amide bonds. The second kappa shape index (κ2) is 4.78. The van der Waals surface area contributed by atoms with E-state index in [-0.39, 0.29) is 5.92 Å². The molecule has 0 saturated carbocycles. The molecule has 4 heteroatoms. The largest absolute Gasteiger partial charge is 0.384 e. The third-order valence-electron chi connectivity index (χ3n) is 3.04. The molecule has 1 N–H and O–H groups in total. The smallest absolute Gasteiger partial charge is 0.136 e. The summed E-state index contributed by atoms with van der Waals surface area (Å²) < 4.78 is 5.15. The van der Waals surface area contributed by atoms with Crippen molar-refractivity contribution in [2.45, 2.75) is 32.1 Å². The standard InChI is InChI=1S/C12H19N3O/c1-8(7-16-3)11-14-10-6-4-5-9(10)12(13-2)15-11/h8H,4-7H2,1-3H3,(H,13,14,15). The molecule has 0 aromatic carbocycles. The number of aryl methyl sites for hydroxylation is 1. The van der Waals surface area contributed by atoms with Crippen molar-refractivity contribution >= 4 is 5.82 Å². The minimum atomic E-state index is 0.253. The van der Waals surface area contributed by atoms with E-state index in [0.717, 1.165) is 24.5 Å². The number of nitrogens with one attached hydrogen (secondary N) is 1. The van der Waals surface area contributed by atoms with E-state index in [1.807, 2.05) is 7.05 Å². The SMILES string of the molecule is CNc1nc(C(C)COC)nc2c1CCC2. The van der Waals surface area contributed by atoms with Crippen molar-refractivity contribution in [1.82, 2.24) is 9.97 Å². The number of rotatable bonds is 4. The molecule has 1 aliphatic rings. The van der Waals surface area contributed by atoms with Crippen LogP contribution in [0.2, 0.25) is 0 Å². The number of hydrogen-bond acceptors (Lipinski definition) is 4. The lowest BCUT2D eigenvalue weighted by molar-refractivity contribution is 0.181. The number of nitrogens with zero attached hydrogens (tertiary/aromatic N) is 2. The van der Waals surface area contributed by atoms with Crippen LogP contribution < -0.4 is 5.32 Å². The summed E-state index contributed by atoms with van der Waals surface area (Å²) in [5, 5.41) is 3.17. The number of fused-ring (bicyclic) bond motifs is 1. The van der Waals surface area contributed by atoms with Crippen molar-refractivity contribution in [2.75, 3.05) is 26.1 Å². The van der Waals surface area contributed by atoms with Gasteiger partial charge in [-0.25, -0.2) is 9.97 Å². The average Bonchev–Trinajstić information content (AvgIpc) is 2.75. The summed E-state index contributed by atoms with van der Waals surface area (Å²) in [7, 11) is 3.63.